The van der Waals surface area contributed by atoms with Gasteiger partial charge in [-0.1, -0.05) is 42.0 Å². The molecule has 0 unspecified atom stereocenters. The summed E-state index contributed by atoms with van der Waals surface area (Å²) in [6, 6.07) is 18.0. The number of benzene rings is 2. The Labute approximate surface area is 208 Å². The molecule has 6 rings (SSSR count). The highest BCUT2D eigenvalue weighted by Crippen LogP contribution is 2.50. The second-order valence-corrected chi connectivity index (χ2v) is 10.5. The zero-order valence-electron chi connectivity index (χ0n) is 19.7. The molecule has 3 heterocycles. The summed E-state index contributed by atoms with van der Waals surface area (Å²) in [7, 11) is 1.93. The van der Waals surface area contributed by atoms with Gasteiger partial charge in [-0.2, -0.15) is 0 Å². The lowest BCUT2D eigenvalue weighted by atomic mass is 10.1. The molecule has 3 atom stereocenters. The number of hydrogen-bond acceptors (Lipinski definition) is 4. The number of ether oxygens (including phenoxy) is 1. The minimum absolute atomic E-state index is 0.0159. The molecule has 2 aliphatic rings. The van der Waals surface area contributed by atoms with Crippen molar-refractivity contribution in [3.8, 4) is 16.2 Å². The quantitative estimate of drug-likeness (QED) is 0.408. The summed E-state index contributed by atoms with van der Waals surface area (Å²) in [5.74, 6) is 1.55. The van der Waals surface area contributed by atoms with Crippen LogP contribution in [0.25, 0.3) is 21.3 Å². The number of carbonyl (C=O) groups excluding carboxylic acids is 2. The highest BCUT2D eigenvalue weighted by Gasteiger charge is 2.54. The highest BCUT2D eigenvalue weighted by molar-refractivity contribution is 7.14. The van der Waals surface area contributed by atoms with E-state index in [4.69, 9.17) is 4.74 Å². The molecule has 1 aliphatic heterocycles. The molecule has 1 saturated heterocycles. The Morgan fingerprint density at radius 2 is 2.00 bits per heavy atom. The first-order valence-corrected chi connectivity index (χ1v) is 12.8. The Bertz CT molecular complexity index is 1440. The number of hydrogen-bond donors (Lipinski definition) is 1. The summed E-state index contributed by atoms with van der Waals surface area (Å²) in [5.41, 5.74) is 3.98. The van der Waals surface area contributed by atoms with Crippen molar-refractivity contribution in [1.29, 1.82) is 0 Å². The van der Waals surface area contributed by atoms with Crippen LogP contribution in [0.1, 0.15) is 22.3 Å². The normalized spacial score (nSPS) is 20.6. The van der Waals surface area contributed by atoms with Gasteiger partial charge in [-0.15, -0.1) is 11.3 Å². The number of fused-ring (bicyclic) bond motifs is 2. The molecule has 1 aliphatic carbocycles. The molecular formula is C28H27N3O3S. The van der Waals surface area contributed by atoms with E-state index in [2.05, 4.69) is 30.4 Å². The minimum atomic E-state index is -0.492. The van der Waals surface area contributed by atoms with Gasteiger partial charge in [0.25, 0.3) is 5.91 Å². The Morgan fingerprint density at radius 3 is 2.86 bits per heavy atom. The average Bonchev–Trinajstić information content (AvgIpc) is 3.18. The number of nitrogens with one attached hydrogen (secondary N) is 1. The van der Waals surface area contributed by atoms with Crippen LogP contribution in [0.3, 0.4) is 0 Å². The second-order valence-electron chi connectivity index (χ2n) is 9.61. The molecule has 1 N–H and O–H groups in total. The fourth-order valence-electron chi connectivity index (χ4n) is 5.42. The number of rotatable bonds is 5. The van der Waals surface area contributed by atoms with Crippen molar-refractivity contribution in [2.75, 3.05) is 13.1 Å². The largest absolute Gasteiger partial charge is 0.412 e. The molecule has 0 spiro atoms. The van der Waals surface area contributed by atoms with Gasteiger partial charge in [0.05, 0.1) is 17.1 Å². The third-order valence-electron chi connectivity index (χ3n) is 7.26. The van der Waals surface area contributed by atoms with E-state index in [1.807, 2.05) is 64.5 Å². The predicted molar refractivity (Wildman–Crippen MR) is 138 cm³/mol. The van der Waals surface area contributed by atoms with Crippen molar-refractivity contribution in [2.45, 2.75) is 19.4 Å². The lowest BCUT2D eigenvalue weighted by molar-refractivity contribution is 0.0706. The standard InChI is InChI=1S/C28H27N3O3S/c1-17-6-5-7-18(12-17)26-21(10-11-35-26)27(32)31-15-19-13-22(19)24(31)14-29-28(33)34-25-16-30(2)23-9-4-3-8-20(23)25/h3-12,16,19,22,24H,13-15H2,1-2H3,(H,29,33)/t19-,22-,24+/m0/s1. The first-order chi connectivity index (χ1) is 17.0. The van der Waals surface area contributed by atoms with Crippen LogP contribution in [0, 0.1) is 18.8 Å². The van der Waals surface area contributed by atoms with Crippen molar-refractivity contribution in [3.63, 3.8) is 0 Å². The molecule has 6 nitrogen and oxygen atoms in total. The van der Waals surface area contributed by atoms with Gasteiger partial charge in [0.1, 0.15) is 0 Å². The Balaban J connectivity index is 1.16. The van der Waals surface area contributed by atoms with E-state index in [-0.39, 0.29) is 11.9 Å². The van der Waals surface area contributed by atoms with Gasteiger partial charge in [0.15, 0.2) is 5.75 Å². The SMILES string of the molecule is Cc1cccc(-c2sccc2C(=O)N2C[C@@H]3C[C@@H]3[C@H]2CNC(=O)Oc2cn(C)c3ccccc23)c1. The molecule has 2 aromatic heterocycles. The Kier molecular flexibility index (Phi) is 5.37. The van der Waals surface area contributed by atoms with Crippen LogP contribution in [-0.4, -0.2) is 40.6 Å². The number of carbonyl (C=O) groups is 2. The fourth-order valence-corrected chi connectivity index (χ4v) is 6.30. The molecule has 0 radical (unpaired) electrons. The van der Waals surface area contributed by atoms with Gasteiger partial charge in [0.2, 0.25) is 0 Å². The Hall–Kier alpha value is -3.58. The van der Waals surface area contributed by atoms with Crippen LogP contribution in [0.4, 0.5) is 4.79 Å². The summed E-state index contributed by atoms with van der Waals surface area (Å²) in [4.78, 5) is 29.3. The van der Waals surface area contributed by atoms with Crippen molar-refractivity contribution >= 4 is 34.2 Å². The first-order valence-electron chi connectivity index (χ1n) is 11.9. The number of amides is 2. The lowest BCUT2D eigenvalue weighted by Crippen LogP contribution is -2.46. The number of thiophene rings is 1. The summed E-state index contributed by atoms with van der Waals surface area (Å²) >= 11 is 1.59. The van der Waals surface area contributed by atoms with Crippen LogP contribution >= 0.6 is 11.3 Å². The van der Waals surface area contributed by atoms with Gasteiger partial charge in [-0.25, -0.2) is 4.79 Å². The molecular weight excluding hydrogens is 458 g/mol. The summed E-state index contributed by atoms with van der Waals surface area (Å²) < 4.78 is 7.58. The smallest absolute Gasteiger partial charge is 0.408 e. The lowest BCUT2D eigenvalue weighted by Gasteiger charge is -2.28. The maximum atomic E-state index is 13.6. The van der Waals surface area contributed by atoms with Crippen LogP contribution in [0.15, 0.2) is 66.2 Å². The molecule has 178 valence electrons. The van der Waals surface area contributed by atoms with Crippen LogP contribution in [0.2, 0.25) is 0 Å². The van der Waals surface area contributed by atoms with Crippen molar-refractivity contribution in [3.05, 3.63) is 77.3 Å². The Morgan fingerprint density at radius 1 is 1.14 bits per heavy atom. The molecule has 1 saturated carbocycles. The second kappa shape index (κ2) is 8.57. The monoisotopic (exact) mass is 485 g/mol. The van der Waals surface area contributed by atoms with E-state index in [0.29, 0.717) is 24.1 Å². The molecule has 35 heavy (non-hydrogen) atoms. The van der Waals surface area contributed by atoms with Crippen LogP contribution in [-0.2, 0) is 7.05 Å². The van der Waals surface area contributed by atoms with Crippen LogP contribution < -0.4 is 10.1 Å². The van der Waals surface area contributed by atoms with Gasteiger partial charge >= 0.3 is 6.09 Å². The minimum Gasteiger partial charge on any atom is -0.408 e. The van der Waals surface area contributed by atoms with Crippen molar-refractivity contribution < 1.29 is 14.3 Å². The van der Waals surface area contributed by atoms with Gasteiger partial charge < -0.3 is 19.5 Å². The predicted octanol–water partition coefficient (Wildman–Crippen LogP) is 5.46. The van der Waals surface area contributed by atoms with Crippen molar-refractivity contribution in [1.82, 2.24) is 14.8 Å². The molecule has 4 aromatic rings. The zero-order chi connectivity index (χ0) is 24.1. The molecule has 2 amide bonds. The maximum Gasteiger partial charge on any atom is 0.412 e. The number of piperidine rings is 1. The summed E-state index contributed by atoms with van der Waals surface area (Å²) in [6.07, 6.45) is 2.44. The van der Waals surface area contributed by atoms with Crippen molar-refractivity contribution in [2.24, 2.45) is 18.9 Å². The van der Waals surface area contributed by atoms with E-state index >= 15 is 0 Å². The van der Waals surface area contributed by atoms with E-state index in [1.165, 1.54) is 5.56 Å². The zero-order valence-corrected chi connectivity index (χ0v) is 20.5. The maximum absolute atomic E-state index is 13.6. The number of aryl methyl sites for hydroxylation is 2. The number of likely N-dealkylation sites (tertiary alicyclic amines) is 1. The summed E-state index contributed by atoms with van der Waals surface area (Å²) in [5, 5.41) is 5.80. The van der Waals surface area contributed by atoms with E-state index in [0.717, 1.165) is 39.9 Å². The molecule has 0 bridgehead atoms. The van der Waals surface area contributed by atoms with Gasteiger partial charge in [-0.3, -0.25) is 4.79 Å². The topological polar surface area (TPSA) is 63.6 Å². The van der Waals surface area contributed by atoms with E-state index in [1.54, 1.807) is 11.3 Å². The number of nitrogens with zero attached hydrogens (tertiary/aromatic N) is 2. The number of para-hydroxylation sites is 1. The first kappa shape index (κ1) is 21.9. The van der Waals surface area contributed by atoms with Gasteiger partial charge in [0, 0.05) is 36.6 Å². The molecule has 2 aromatic carbocycles. The fraction of sp³-hybridized carbons (Fsp3) is 0.286. The van der Waals surface area contributed by atoms with Gasteiger partial charge in [-0.05, 0) is 54.3 Å². The van der Waals surface area contributed by atoms with E-state index in [9.17, 15) is 9.59 Å². The highest BCUT2D eigenvalue weighted by atomic mass is 32.1. The van der Waals surface area contributed by atoms with Crippen LogP contribution in [0.5, 0.6) is 5.75 Å². The molecule has 7 heteroatoms. The summed E-state index contributed by atoms with van der Waals surface area (Å²) in [6.45, 7) is 3.20. The average molecular weight is 486 g/mol. The third kappa shape index (κ3) is 4.00. The third-order valence-corrected chi connectivity index (χ3v) is 8.22. The number of aromatic nitrogens is 1. The molecule has 2 fully saturated rings. The van der Waals surface area contributed by atoms with E-state index < -0.39 is 6.09 Å².